The lowest BCUT2D eigenvalue weighted by Gasteiger charge is -2.20. The molecule has 0 spiro atoms. The van der Waals surface area contributed by atoms with Crippen LogP contribution in [0, 0.1) is 11.8 Å². The van der Waals surface area contributed by atoms with E-state index >= 15 is 0 Å². The standard InChI is InChI=1S/C19H39N/c1-3-5-6-7-8-9-10-11-13-18-14-12-15-19(18)17-20-16-4-2/h18-20H,3-17H2,1-2H3. The van der Waals surface area contributed by atoms with E-state index in [2.05, 4.69) is 19.2 Å². The van der Waals surface area contributed by atoms with Crippen molar-refractivity contribution in [2.24, 2.45) is 11.8 Å². The summed E-state index contributed by atoms with van der Waals surface area (Å²) < 4.78 is 0. The van der Waals surface area contributed by atoms with Crippen LogP contribution in [0.4, 0.5) is 0 Å². The Bertz CT molecular complexity index is 202. The van der Waals surface area contributed by atoms with E-state index in [1.165, 1.54) is 96.6 Å². The molecule has 0 amide bonds. The second kappa shape index (κ2) is 12.7. The van der Waals surface area contributed by atoms with Crippen molar-refractivity contribution in [3.63, 3.8) is 0 Å². The van der Waals surface area contributed by atoms with Gasteiger partial charge in [-0.25, -0.2) is 0 Å². The highest BCUT2D eigenvalue weighted by Crippen LogP contribution is 2.35. The van der Waals surface area contributed by atoms with Gasteiger partial charge in [0.2, 0.25) is 0 Å². The van der Waals surface area contributed by atoms with Crippen LogP contribution < -0.4 is 5.32 Å². The van der Waals surface area contributed by atoms with Crippen molar-refractivity contribution in [2.45, 2.75) is 97.3 Å². The first-order valence-electron chi connectivity index (χ1n) is 9.59. The molecule has 2 unspecified atom stereocenters. The Kier molecular flexibility index (Phi) is 11.4. The number of hydrogen-bond acceptors (Lipinski definition) is 1. The maximum Gasteiger partial charge on any atom is -0.00179 e. The Morgan fingerprint density at radius 2 is 1.40 bits per heavy atom. The van der Waals surface area contributed by atoms with E-state index in [9.17, 15) is 0 Å². The van der Waals surface area contributed by atoms with Crippen LogP contribution in [0.3, 0.4) is 0 Å². The molecule has 1 aliphatic carbocycles. The fourth-order valence-corrected chi connectivity index (χ4v) is 3.77. The predicted molar refractivity (Wildman–Crippen MR) is 91.2 cm³/mol. The van der Waals surface area contributed by atoms with Gasteiger partial charge in [-0.3, -0.25) is 0 Å². The van der Waals surface area contributed by atoms with Crippen LogP contribution in [0.5, 0.6) is 0 Å². The summed E-state index contributed by atoms with van der Waals surface area (Å²) in [5.74, 6) is 2.03. The van der Waals surface area contributed by atoms with Gasteiger partial charge in [0.1, 0.15) is 0 Å². The van der Waals surface area contributed by atoms with Crippen LogP contribution in [0.2, 0.25) is 0 Å². The van der Waals surface area contributed by atoms with Gasteiger partial charge < -0.3 is 5.32 Å². The zero-order valence-corrected chi connectivity index (χ0v) is 14.3. The minimum atomic E-state index is 0.992. The molecule has 0 aromatic carbocycles. The molecule has 0 aliphatic heterocycles. The maximum atomic E-state index is 3.64. The highest BCUT2D eigenvalue weighted by atomic mass is 14.9. The lowest BCUT2D eigenvalue weighted by molar-refractivity contribution is 0.336. The number of nitrogens with one attached hydrogen (secondary N) is 1. The van der Waals surface area contributed by atoms with Crippen molar-refractivity contribution in [1.29, 1.82) is 0 Å². The molecule has 1 N–H and O–H groups in total. The third-order valence-electron chi connectivity index (χ3n) is 5.08. The molecule has 0 radical (unpaired) electrons. The minimum Gasteiger partial charge on any atom is -0.316 e. The third-order valence-corrected chi connectivity index (χ3v) is 5.08. The number of hydrogen-bond donors (Lipinski definition) is 1. The molecule has 1 nitrogen and oxygen atoms in total. The Morgan fingerprint density at radius 3 is 2.10 bits per heavy atom. The zero-order valence-electron chi connectivity index (χ0n) is 14.3. The van der Waals surface area contributed by atoms with Gasteiger partial charge in [0.25, 0.3) is 0 Å². The summed E-state index contributed by atoms with van der Waals surface area (Å²) in [4.78, 5) is 0. The van der Waals surface area contributed by atoms with Gasteiger partial charge in [-0.2, -0.15) is 0 Å². The molecule has 0 aromatic rings. The fraction of sp³-hybridized carbons (Fsp3) is 1.00. The third kappa shape index (κ3) is 8.29. The van der Waals surface area contributed by atoms with Crippen LogP contribution in [-0.2, 0) is 0 Å². The molecule has 0 saturated heterocycles. The summed E-state index contributed by atoms with van der Waals surface area (Å²) in [5.41, 5.74) is 0. The molecule has 120 valence electrons. The molecule has 0 bridgehead atoms. The van der Waals surface area contributed by atoms with Crippen LogP contribution in [0.1, 0.15) is 97.3 Å². The van der Waals surface area contributed by atoms with Gasteiger partial charge in [0.05, 0.1) is 0 Å². The van der Waals surface area contributed by atoms with E-state index in [-0.39, 0.29) is 0 Å². The summed E-state index contributed by atoms with van der Waals surface area (Å²) in [7, 11) is 0. The minimum absolute atomic E-state index is 0.992. The Labute approximate surface area is 128 Å². The fourth-order valence-electron chi connectivity index (χ4n) is 3.77. The van der Waals surface area contributed by atoms with Crippen LogP contribution in [-0.4, -0.2) is 13.1 Å². The summed E-state index contributed by atoms with van der Waals surface area (Å²) in [5, 5.41) is 3.64. The second-order valence-electron chi connectivity index (χ2n) is 6.92. The first kappa shape index (κ1) is 18.0. The van der Waals surface area contributed by atoms with Crippen molar-refractivity contribution in [2.75, 3.05) is 13.1 Å². The van der Waals surface area contributed by atoms with E-state index in [0.717, 1.165) is 11.8 Å². The molecule has 2 atom stereocenters. The average Bonchev–Trinajstić information content (AvgIpc) is 2.90. The molecule has 20 heavy (non-hydrogen) atoms. The molecule has 1 saturated carbocycles. The highest BCUT2D eigenvalue weighted by molar-refractivity contribution is 4.79. The highest BCUT2D eigenvalue weighted by Gasteiger charge is 2.25. The zero-order chi connectivity index (χ0) is 14.5. The second-order valence-corrected chi connectivity index (χ2v) is 6.92. The smallest absolute Gasteiger partial charge is 0.00179 e. The topological polar surface area (TPSA) is 12.0 Å². The monoisotopic (exact) mass is 281 g/mol. The molecule has 0 heterocycles. The first-order chi connectivity index (χ1) is 9.88. The van der Waals surface area contributed by atoms with Gasteiger partial charge in [-0.05, 0) is 37.8 Å². The van der Waals surface area contributed by atoms with Crippen molar-refractivity contribution >= 4 is 0 Å². The average molecular weight is 282 g/mol. The Hall–Kier alpha value is -0.0400. The molecule has 1 aliphatic rings. The summed E-state index contributed by atoms with van der Waals surface area (Å²) >= 11 is 0. The maximum absolute atomic E-state index is 3.64. The predicted octanol–water partition coefficient (Wildman–Crippen LogP) is 5.93. The molecular weight excluding hydrogens is 242 g/mol. The Morgan fingerprint density at radius 1 is 0.750 bits per heavy atom. The van der Waals surface area contributed by atoms with Crippen molar-refractivity contribution in [3.8, 4) is 0 Å². The largest absolute Gasteiger partial charge is 0.316 e. The van der Waals surface area contributed by atoms with Gasteiger partial charge in [-0.15, -0.1) is 0 Å². The van der Waals surface area contributed by atoms with Gasteiger partial charge in [0, 0.05) is 0 Å². The van der Waals surface area contributed by atoms with E-state index in [1.54, 1.807) is 0 Å². The molecule has 0 aromatic heterocycles. The lowest BCUT2D eigenvalue weighted by Crippen LogP contribution is -2.25. The van der Waals surface area contributed by atoms with Gasteiger partial charge in [-0.1, -0.05) is 84.5 Å². The molecular formula is C19H39N. The lowest BCUT2D eigenvalue weighted by atomic mass is 9.90. The van der Waals surface area contributed by atoms with Crippen molar-refractivity contribution in [1.82, 2.24) is 5.32 Å². The van der Waals surface area contributed by atoms with Crippen molar-refractivity contribution < 1.29 is 0 Å². The van der Waals surface area contributed by atoms with E-state index in [4.69, 9.17) is 0 Å². The Balaban J connectivity index is 1.94. The summed E-state index contributed by atoms with van der Waals surface area (Å²) in [6, 6.07) is 0. The van der Waals surface area contributed by atoms with Gasteiger partial charge >= 0.3 is 0 Å². The van der Waals surface area contributed by atoms with Crippen molar-refractivity contribution in [3.05, 3.63) is 0 Å². The SMILES string of the molecule is CCCCCCCCCCC1CCCC1CNCCC. The first-order valence-corrected chi connectivity index (χ1v) is 9.59. The molecule has 1 rings (SSSR count). The molecule has 1 fully saturated rings. The summed E-state index contributed by atoms with van der Waals surface area (Å²) in [6.07, 6.45) is 18.9. The van der Waals surface area contributed by atoms with Crippen LogP contribution in [0.25, 0.3) is 0 Å². The summed E-state index contributed by atoms with van der Waals surface area (Å²) in [6.45, 7) is 7.06. The van der Waals surface area contributed by atoms with Gasteiger partial charge in [0.15, 0.2) is 0 Å². The van der Waals surface area contributed by atoms with Crippen LogP contribution >= 0.6 is 0 Å². The van der Waals surface area contributed by atoms with E-state index in [0.29, 0.717) is 0 Å². The number of rotatable bonds is 13. The van der Waals surface area contributed by atoms with Crippen LogP contribution in [0.15, 0.2) is 0 Å². The molecule has 1 heteroatoms. The quantitative estimate of drug-likeness (QED) is 0.412. The van der Waals surface area contributed by atoms with E-state index in [1.807, 2.05) is 0 Å². The number of unbranched alkanes of at least 4 members (excludes halogenated alkanes) is 7. The van der Waals surface area contributed by atoms with E-state index < -0.39 is 0 Å². The normalized spacial score (nSPS) is 22.5.